The average Bonchev–Trinajstić information content (AvgIpc) is 3.74. The monoisotopic (exact) mass is 621 g/mol. The molecule has 46 heavy (non-hydrogen) atoms. The number of Topliss-reactive ketones (excluding diaryl/α,β-unsaturated/α-hetero) is 2. The van der Waals surface area contributed by atoms with Crippen LogP contribution in [0.4, 0.5) is 14.6 Å². The first-order chi connectivity index (χ1) is 22.3. The van der Waals surface area contributed by atoms with E-state index in [9.17, 15) is 14.0 Å². The molecule has 1 aliphatic heterocycles. The Morgan fingerprint density at radius 1 is 0.826 bits per heavy atom. The van der Waals surface area contributed by atoms with Crippen LogP contribution in [0.3, 0.4) is 0 Å². The van der Waals surface area contributed by atoms with Crippen molar-refractivity contribution in [3.8, 4) is 22.6 Å². The number of halogens is 2. The highest BCUT2D eigenvalue weighted by atomic mass is 19.1. The number of hydrogen-bond donors (Lipinski definition) is 0. The lowest BCUT2D eigenvalue weighted by atomic mass is 9.88. The summed E-state index contributed by atoms with van der Waals surface area (Å²) in [4.78, 5) is 35.5. The Labute approximate surface area is 265 Å². The molecule has 0 bridgehead atoms. The van der Waals surface area contributed by atoms with Crippen molar-refractivity contribution >= 4 is 22.9 Å². The maximum atomic E-state index is 15.4. The molecule has 2 fully saturated rings. The maximum absolute atomic E-state index is 15.4. The standard InChI is InChI=1S/C36H33F2N5O3/c1-41-14-16-42(17-15-41)35-9-5-26(22-39-35)27-21-32(30-10-13-40-43(30)23-27)46-31-8-4-25(18-29(31)38)20-34(45)36(11-12-36)33(44)19-24-2-6-28(37)7-3-24/h2-10,13,18,21-23H,11-12,14-17,19-20H2,1H3. The van der Waals surface area contributed by atoms with Crippen LogP contribution in [0, 0.1) is 17.0 Å². The zero-order valence-corrected chi connectivity index (χ0v) is 25.5. The minimum atomic E-state index is -1.05. The van der Waals surface area contributed by atoms with Gasteiger partial charge in [0.25, 0.3) is 0 Å². The van der Waals surface area contributed by atoms with Gasteiger partial charge in [-0.05, 0) is 79.5 Å². The first-order valence-electron chi connectivity index (χ1n) is 15.4. The SMILES string of the molecule is CN1CCN(c2ccc(-c3cc(Oc4ccc(CC(=O)C5(C(=O)Cc6ccc(F)cc6)CC5)cc4F)c4ccnn4c3)cn2)CC1. The molecule has 2 aliphatic rings. The number of nitrogens with zero attached hydrogens (tertiary/aromatic N) is 5. The number of ketones is 2. The summed E-state index contributed by atoms with van der Waals surface area (Å²) in [6.45, 7) is 3.84. The number of pyridine rings is 2. The van der Waals surface area contributed by atoms with Gasteiger partial charge in [0.2, 0.25) is 0 Å². The van der Waals surface area contributed by atoms with E-state index in [1.807, 2.05) is 30.6 Å². The van der Waals surface area contributed by atoms with Crippen molar-refractivity contribution in [1.29, 1.82) is 0 Å². The van der Waals surface area contributed by atoms with Gasteiger partial charge in [0.15, 0.2) is 28.9 Å². The smallest absolute Gasteiger partial charge is 0.166 e. The third kappa shape index (κ3) is 6.00. The molecule has 234 valence electrons. The number of aromatic nitrogens is 3. The summed E-state index contributed by atoms with van der Waals surface area (Å²) in [5.74, 6) is -0.0494. The van der Waals surface area contributed by atoms with Crippen molar-refractivity contribution in [3.05, 3.63) is 108 Å². The average molecular weight is 622 g/mol. The lowest BCUT2D eigenvalue weighted by Gasteiger charge is -2.33. The molecule has 5 aromatic rings. The van der Waals surface area contributed by atoms with Crippen molar-refractivity contribution in [2.75, 3.05) is 38.1 Å². The van der Waals surface area contributed by atoms with Crippen molar-refractivity contribution in [2.45, 2.75) is 25.7 Å². The lowest BCUT2D eigenvalue weighted by Crippen LogP contribution is -2.44. The number of likely N-dealkylation sites (N-methyl/N-ethyl adjacent to an activating group) is 1. The molecular formula is C36H33F2N5O3. The van der Waals surface area contributed by atoms with Crippen LogP contribution in [0.5, 0.6) is 11.5 Å². The van der Waals surface area contributed by atoms with Gasteiger partial charge in [-0.2, -0.15) is 5.10 Å². The van der Waals surface area contributed by atoms with Crippen LogP contribution in [0.15, 0.2) is 85.3 Å². The normalized spacial score (nSPS) is 16.0. The number of carbonyl (C=O) groups excluding carboxylic acids is 2. The van der Waals surface area contributed by atoms with E-state index >= 15 is 4.39 Å². The molecule has 10 heteroatoms. The summed E-state index contributed by atoms with van der Waals surface area (Å²) in [7, 11) is 2.12. The van der Waals surface area contributed by atoms with Gasteiger partial charge in [0.1, 0.15) is 17.2 Å². The van der Waals surface area contributed by atoms with Gasteiger partial charge < -0.3 is 14.5 Å². The molecule has 8 nitrogen and oxygen atoms in total. The second-order valence-electron chi connectivity index (χ2n) is 12.2. The van der Waals surface area contributed by atoms with E-state index < -0.39 is 11.2 Å². The highest BCUT2D eigenvalue weighted by Crippen LogP contribution is 2.49. The highest BCUT2D eigenvalue weighted by molar-refractivity contribution is 6.10. The van der Waals surface area contributed by atoms with Crippen LogP contribution in [0.1, 0.15) is 24.0 Å². The van der Waals surface area contributed by atoms with Gasteiger partial charge in [0, 0.05) is 62.5 Å². The van der Waals surface area contributed by atoms with Crippen LogP contribution in [0.2, 0.25) is 0 Å². The fourth-order valence-corrected chi connectivity index (χ4v) is 6.02. The third-order valence-electron chi connectivity index (χ3n) is 9.06. The predicted octanol–water partition coefficient (Wildman–Crippen LogP) is 5.92. The van der Waals surface area contributed by atoms with E-state index in [-0.39, 0.29) is 36.0 Å². The van der Waals surface area contributed by atoms with E-state index in [0.717, 1.165) is 43.1 Å². The molecule has 0 N–H and O–H groups in total. The van der Waals surface area contributed by atoms with Gasteiger partial charge in [-0.15, -0.1) is 0 Å². The Bertz CT molecular complexity index is 1910. The van der Waals surface area contributed by atoms with Crippen LogP contribution in [0.25, 0.3) is 16.6 Å². The minimum absolute atomic E-state index is 0.00788. The van der Waals surface area contributed by atoms with Crippen molar-refractivity contribution in [1.82, 2.24) is 19.5 Å². The molecule has 0 radical (unpaired) electrons. The first kappa shape index (κ1) is 29.7. The minimum Gasteiger partial charge on any atom is -0.452 e. The zero-order chi connectivity index (χ0) is 31.8. The summed E-state index contributed by atoms with van der Waals surface area (Å²) < 4.78 is 36.4. The Kier molecular flexibility index (Phi) is 7.82. The first-order valence-corrected chi connectivity index (χ1v) is 15.4. The number of benzene rings is 2. The molecule has 0 amide bonds. The second-order valence-corrected chi connectivity index (χ2v) is 12.2. The van der Waals surface area contributed by atoms with E-state index in [0.29, 0.717) is 35.2 Å². The lowest BCUT2D eigenvalue weighted by molar-refractivity contribution is -0.133. The number of rotatable bonds is 10. The molecule has 1 saturated heterocycles. The number of piperazine rings is 1. The molecule has 1 aliphatic carbocycles. The summed E-state index contributed by atoms with van der Waals surface area (Å²) in [5.41, 5.74) is 2.42. The van der Waals surface area contributed by atoms with E-state index in [1.54, 1.807) is 35.0 Å². The number of fused-ring (bicyclic) bond motifs is 1. The van der Waals surface area contributed by atoms with E-state index in [2.05, 4.69) is 21.9 Å². The van der Waals surface area contributed by atoms with Crippen molar-refractivity contribution < 1.29 is 23.1 Å². The Hall–Kier alpha value is -4.96. The van der Waals surface area contributed by atoms with Crippen molar-refractivity contribution in [2.24, 2.45) is 5.41 Å². The molecule has 0 spiro atoms. The summed E-state index contributed by atoms with van der Waals surface area (Å²) >= 11 is 0. The summed E-state index contributed by atoms with van der Waals surface area (Å²) in [6, 6.07) is 17.8. The Morgan fingerprint density at radius 3 is 2.22 bits per heavy atom. The van der Waals surface area contributed by atoms with Crippen molar-refractivity contribution in [3.63, 3.8) is 0 Å². The number of anilines is 1. The van der Waals surface area contributed by atoms with Gasteiger partial charge in [0.05, 0.1) is 11.6 Å². The zero-order valence-electron chi connectivity index (χ0n) is 25.5. The molecule has 2 aromatic carbocycles. The third-order valence-corrected chi connectivity index (χ3v) is 9.06. The Balaban J connectivity index is 1.06. The summed E-state index contributed by atoms with van der Waals surface area (Å²) in [5, 5.41) is 4.38. The van der Waals surface area contributed by atoms with Gasteiger partial charge in [-0.3, -0.25) is 9.59 Å². The van der Waals surface area contributed by atoms with E-state index in [4.69, 9.17) is 9.72 Å². The van der Waals surface area contributed by atoms with Gasteiger partial charge in [-0.25, -0.2) is 18.3 Å². The predicted molar refractivity (Wildman–Crippen MR) is 170 cm³/mol. The van der Waals surface area contributed by atoms with E-state index in [1.165, 1.54) is 24.3 Å². The second kappa shape index (κ2) is 12.1. The molecule has 0 unspecified atom stereocenters. The molecule has 3 aromatic heterocycles. The number of carbonyl (C=O) groups is 2. The largest absolute Gasteiger partial charge is 0.452 e. The molecule has 4 heterocycles. The fourth-order valence-electron chi connectivity index (χ4n) is 6.02. The van der Waals surface area contributed by atoms with Crippen LogP contribution in [-0.4, -0.2) is 64.3 Å². The van der Waals surface area contributed by atoms with Gasteiger partial charge in [-0.1, -0.05) is 18.2 Å². The van der Waals surface area contributed by atoms with Crippen LogP contribution >= 0.6 is 0 Å². The maximum Gasteiger partial charge on any atom is 0.166 e. The van der Waals surface area contributed by atoms with Gasteiger partial charge >= 0.3 is 0 Å². The molecule has 0 atom stereocenters. The number of ether oxygens (including phenoxy) is 1. The fraction of sp³-hybridized carbons (Fsp3) is 0.278. The molecular weight excluding hydrogens is 588 g/mol. The Morgan fingerprint density at radius 2 is 1.54 bits per heavy atom. The summed E-state index contributed by atoms with van der Waals surface area (Å²) in [6.07, 6.45) is 6.30. The van der Waals surface area contributed by atoms with Crippen LogP contribution < -0.4 is 9.64 Å². The number of hydrogen-bond acceptors (Lipinski definition) is 7. The molecule has 1 saturated carbocycles. The quantitative estimate of drug-likeness (QED) is 0.179. The molecule has 7 rings (SSSR count). The highest BCUT2D eigenvalue weighted by Gasteiger charge is 2.54. The topological polar surface area (TPSA) is 80.0 Å². The van der Waals surface area contributed by atoms with Crippen LogP contribution in [-0.2, 0) is 22.4 Å².